The van der Waals surface area contributed by atoms with E-state index in [4.69, 9.17) is 8.85 Å². The molecule has 1 aliphatic heterocycles. The molecule has 2 atom stereocenters. The highest BCUT2D eigenvalue weighted by Gasteiger charge is 2.49. The van der Waals surface area contributed by atoms with Crippen molar-refractivity contribution in [1.29, 1.82) is 0 Å². The maximum Gasteiger partial charge on any atom is 0.407 e. The molecule has 0 spiro atoms. The van der Waals surface area contributed by atoms with Crippen LogP contribution in [0.25, 0.3) is 22.3 Å². The number of rotatable bonds is 10. The molecule has 0 amide bonds. The number of fused-ring (bicyclic) bond motifs is 2. The summed E-state index contributed by atoms with van der Waals surface area (Å²) < 4.78 is 13.6. The van der Waals surface area contributed by atoms with Gasteiger partial charge in [0.2, 0.25) is 0 Å². The average Bonchev–Trinajstić information content (AvgIpc) is 3.37. The van der Waals surface area contributed by atoms with Gasteiger partial charge in [-0.2, -0.15) is 0 Å². The van der Waals surface area contributed by atoms with Gasteiger partial charge in [-0.25, -0.2) is 0 Å². The van der Waals surface area contributed by atoms with Crippen molar-refractivity contribution in [2.45, 2.75) is 37.3 Å². The molecule has 0 saturated carbocycles. The standard InChI is InChI=1S/C56H50Br2N2O2Si/c1-37-31-47(59(43-19-11-7-12-20-43)44-21-13-8-14-22-44)32-38(2)53(37)41-27-29-49-51(35-41)63(61-5,62-6)52-36-42(28-30-50(52)56(58)55(49)57)54-39(3)33-48(34-40(54)4)60(45-23-15-9-16-24-45)46-25-17-10-18-26-46/h7-36,55-56H,1-6H3. The van der Waals surface area contributed by atoms with Crippen LogP contribution in [0.5, 0.6) is 0 Å². The molecule has 0 fully saturated rings. The van der Waals surface area contributed by atoms with Gasteiger partial charge in [0, 0.05) is 58.7 Å². The summed E-state index contributed by atoms with van der Waals surface area (Å²) in [6, 6.07) is 65.3. The highest BCUT2D eigenvalue weighted by Crippen LogP contribution is 2.47. The average molecular weight is 971 g/mol. The fraction of sp³-hybridized carbons (Fsp3) is 0.143. The minimum Gasteiger partial charge on any atom is -0.391 e. The molecule has 314 valence electrons. The number of nitrogens with zero attached hydrogens (tertiary/aromatic N) is 2. The molecule has 0 radical (unpaired) electrons. The molecule has 0 N–H and O–H groups in total. The Labute approximate surface area is 390 Å². The highest BCUT2D eigenvalue weighted by molar-refractivity contribution is 9.12. The minimum atomic E-state index is -3.31. The van der Waals surface area contributed by atoms with Gasteiger partial charge < -0.3 is 18.7 Å². The molecule has 8 aromatic rings. The van der Waals surface area contributed by atoms with Crippen LogP contribution >= 0.6 is 31.9 Å². The Morgan fingerprint density at radius 2 is 0.667 bits per heavy atom. The van der Waals surface area contributed by atoms with Gasteiger partial charge in [-0.1, -0.05) is 129 Å². The zero-order valence-electron chi connectivity index (χ0n) is 36.4. The van der Waals surface area contributed by atoms with Crippen LogP contribution in [0, 0.1) is 27.7 Å². The lowest BCUT2D eigenvalue weighted by molar-refractivity contribution is 0.272. The maximum absolute atomic E-state index is 6.82. The normalized spacial score (nSPS) is 15.2. The molecule has 1 heterocycles. The van der Waals surface area contributed by atoms with Gasteiger partial charge in [0.05, 0.1) is 9.65 Å². The maximum atomic E-state index is 6.82. The third-order valence-corrected chi connectivity index (χ3v) is 18.6. The third-order valence-electron chi connectivity index (χ3n) is 12.4. The Kier molecular flexibility index (Phi) is 12.2. The van der Waals surface area contributed by atoms with Crippen molar-refractivity contribution in [2.75, 3.05) is 24.0 Å². The Bertz CT molecular complexity index is 2590. The van der Waals surface area contributed by atoms with E-state index in [1.807, 2.05) is 14.2 Å². The quantitative estimate of drug-likeness (QED) is 0.101. The molecule has 0 aromatic heterocycles. The number of para-hydroxylation sites is 4. The first-order valence-corrected chi connectivity index (χ1v) is 25.0. The van der Waals surface area contributed by atoms with Crippen molar-refractivity contribution >= 4 is 84.9 Å². The lowest BCUT2D eigenvalue weighted by Gasteiger charge is -2.31. The van der Waals surface area contributed by atoms with Crippen molar-refractivity contribution in [1.82, 2.24) is 0 Å². The van der Waals surface area contributed by atoms with E-state index in [2.05, 4.69) is 251 Å². The lowest BCUT2D eigenvalue weighted by Crippen LogP contribution is -2.63. The predicted octanol–water partition coefficient (Wildman–Crippen LogP) is 14.9. The number of benzene rings is 8. The number of halogens is 2. The molecule has 63 heavy (non-hydrogen) atoms. The smallest absolute Gasteiger partial charge is 0.391 e. The molecule has 0 bridgehead atoms. The number of alkyl halides is 2. The molecule has 1 aliphatic rings. The van der Waals surface area contributed by atoms with E-state index in [-0.39, 0.29) is 9.65 Å². The SMILES string of the molecule is CO[Si]1(OC)c2cc(-c3c(C)cc(N(c4ccccc4)c4ccccc4)cc3C)ccc2C(Br)C(Br)c2ccc(-c3c(C)cc(N(c4ccccc4)c4ccccc4)cc3C)cc21. The van der Waals surface area contributed by atoms with Gasteiger partial charge in [0.25, 0.3) is 0 Å². The second kappa shape index (κ2) is 17.9. The molecule has 7 heteroatoms. The molecule has 8 aromatic carbocycles. The van der Waals surface area contributed by atoms with Crippen molar-refractivity contribution < 1.29 is 8.85 Å². The van der Waals surface area contributed by atoms with E-state index in [1.54, 1.807) is 0 Å². The zero-order chi connectivity index (χ0) is 43.8. The van der Waals surface area contributed by atoms with E-state index in [0.717, 1.165) is 55.6 Å². The van der Waals surface area contributed by atoms with Crippen LogP contribution in [-0.4, -0.2) is 22.8 Å². The van der Waals surface area contributed by atoms with Crippen LogP contribution in [0.1, 0.15) is 43.0 Å². The van der Waals surface area contributed by atoms with Gasteiger partial charge in [0.1, 0.15) is 0 Å². The number of hydrogen-bond donors (Lipinski definition) is 0. The van der Waals surface area contributed by atoms with E-state index in [0.29, 0.717) is 0 Å². The molecule has 9 rings (SSSR count). The molecular formula is C56H50Br2N2O2Si. The van der Waals surface area contributed by atoms with Crippen LogP contribution in [0.2, 0.25) is 0 Å². The Hall–Kier alpha value is -5.54. The lowest BCUT2D eigenvalue weighted by atomic mass is 9.92. The fourth-order valence-corrected chi connectivity index (χ4v) is 14.8. The predicted molar refractivity (Wildman–Crippen MR) is 274 cm³/mol. The van der Waals surface area contributed by atoms with Gasteiger partial charge in [-0.05, 0) is 168 Å². The fourth-order valence-electron chi connectivity index (χ4n) is 9.71. The Morgan fingerprint density at radius 1 is 0.381 bits per heavy atom. The number of aryl methyl sites for hydroxylation is 4. The molecule has 4 nitrogen and oxygen atoms in total. The first-order chi connectivity index (χ1) is 30.6. The first kappa shape index (κ1) is 42.7. The van der Waals surface area contributed by atoms with Gasteiger partial charge in [0.15, 0.2) is 0 Å². The zero-order valence-corrected chi connectivity index (χ0v) is 40.6. The van der Waals surface area contributed by atoms with Crippen molar-refractivity contribution in [3.63, 3.8) is 0 Å². The van der Waals surface area contributed by atoms with Crippen molar-refractivity contribution in [3.8, 4) is 22.3 Å². The van der Waals surface area contributed by atoms with E-state index in [9.17, 15) is 0 Å². The van der Waals surface area contributed by atoms with Crippen LogP contribution in [0.4, 0.5) is 34.1 Å². The van der Waals surface area contributed by atoms with E-state index >= 15 is 0 Å². The molecule has 2 unspecified atom stereocenters. The van der Waals surface area contributed by atoms with Crippen LogP contribution in [-0.2, 0) is 8.85 Å². The van der Waals surface area contributed by atoms with E-state index in [1.165, 1.54) is 44.5 Å². The topological polar surface area (TPSA) is 24.9 Å². The number of anilines is 6. The summed E-state index contributed by atoms with van der Waals surface area (Å²) in [5.74, 6) is 0. The largest absolute Gasteiger partial charge is 0.407 e. The van der Waals surface area contributed by atoms with Crippen molar-refractivity contribution in [3.05, 3.63) is 215 Å². The Morgan fingerprint density at radius 3 is 0.937 bits per heavy atom. The van der Waals surface area contributed by atoms with E-state index < -0.39 is 8.56 Å². The molecule has 0 aliphatic carbocycles. The summed E-state index contributed by atoms with van der Waals surface area (Å²) in [7, 11) is 0.325. The van der Waals surface area contributed by atoms with Crippen LogP contribution in [0.3, 0.4) is 0 Å². The summed E-state index contributed by atoms with van der Waals surface area (Å²) in [6.07, 6.45) is 0. The number of hydrogen-bond acceptors (Lipinski definition) is 4. The minimum absolute atomic E-state index is 0.0228. The molecule has 0 saturated heterocycles. The van der Waals surface area contributed by atoms with Gasteiger partial charge >= 0.3 is 8.56 Å². The van der Waals surface area contributed by atoms with Crippen LogP contribution < -0.4 is 20.2 Å². The highest BCUT2D eigenvalue weighted by atomic mass is 79.9. The summed E-state index contributed by atoms with van der Waals surface area (Å²) in [5, 5.41) is 2.21. The summed E-state index contributed by atoms with van der Waals surface area (Å²) in [6.45, 7) is 8.89. The summed E-state index contributed by atoms with van der Waals surface area (Å²) >= 11 is 8.33. The van der Waals surface area contributed by atoms with Crippen molar-refractivity contribution in [2.24, 2.45) is 0 Å². The first-order valence-electron chi connectivity index (χ1n) is 21.3. The summed E-state index contributed by atoms with van der Waals surface area (Å²) in [5.41, 5.74) is 18.5. The second-order valence-electron chi connectivity index (χ2n) is 16.4. The Balaban J connectivity index is 1.15. The van der Waals surface area contributed by atoms with Gasteiger partial charge in [-0.3, -0.25) is 0 Å². The monoisotopic (exact) mass is 968 g/mol. The molecular weight excluding hydrogens is 921 g/mol. The van der Waals surface area contributed by atoms with Crippen LogP contribution in [0.15, 0.2) is 182 Å². The third kappa shape index (κ3) is 7.81. The van der Waals surface area contributed by atoms with Gasteiger partial charge in [-0.15, -0.1) is 0 Å². The summed E-state index contributed by atoms with van der Waals surface area (Å²) in [4.78, 5) is 4.61. The second-order valence-corrected chi connectivity index (χ2v) is 21.5.